The number of nitrogens with one attached hydrogen (secondary N) is 1. The van der Waals surface area contributed by atoms with E-state index >= 15 is 0 Å². The third kappa shape index (κ3) is 2.05. The standard InChI is InChI=1S/C15H12Cl2N2O3/c1-22-14(21)15(19-7-3-4-9(19)8-20)13(18-15)12-10(16)5-2-6-11(12)17/h2-8,13,18H,1H3/t13-,15+/m0/s1. The van der Waals surface area contributed by atoms with Crippen LogP contribution < -0.4 is 5.32 Å². The number of carbonyl (C=O) groups excluding carboxylic acids is 2. The van der Waals surface area contributed by atoms with Crippen molar-refractivity contribution in [2.45, 2.75) is 11.7 Å². The minimum Gasteiger partial charge on any atom is -0.466 e. The van der Waals surface area contributed by atoms with Gasteiger partial charge in [-0.1, -0.05) is 29.3 Å². The Morgan fingerprint density at radius 1 is 1.32 bits per heavy atom. The van der Waals surface area contributed by atoms with Gasteiger partial charge in [0.2, 0.25) is 5.66 Å². The number of esters is 1. The van der Waals surface area contributed by atoms with Crippen LogP contribution in [0.2, 0.25) is 10.0 Å². The zero-order valence-electron chi connectivity index (χ0n) is 11.5. The van der Waals surface area contributed by atoms with Crippen molar-refractivity contribution in [1.29, 1.82) is 0 Å². The third-order valence-electron chi connectivity index (χ3n) is 3.76. The topological polar surface area (TPSA) is 70.2 Å². The lowest BCUT2D eigenvalue weighted by Gasteiger charge is -2.17. The fraction of sp³-hybridized carbons (Fsp3) is 0.200. The number of halogens is 2. The van der Waals surface area contributed by atoms with E-state index in [0.29, 0.717) is 27.6 Å². The summed E-state index contributed by atoms with van der Waals surface area (Å²) in [7, 11) is 1.29. The number of benzene rings is 1. The van der Waals surface area contributed by atoms with Gasteiger partial charge in [0, 0.05) is 21.8 Å². The number of hydrogen-bond donors (Lipinski definition) is 1. The van der Waals surface area contributed by atoms with E-state index in [1.165, 1.54) is 11.7 Å². The quantitative estimate of drug-likeness (QED) is 0.528. The molecular formula is C15H12Cl2N2O3. The zero-order valence-corrected chi connectivity index (χ0v) is 13.1. The second-order valence-electron chi connectivity index (χ2n) is 4.89. The molecule has 2 atom stereocenters. The Hall–Kier alpha value is -1.82. The Labute approximate surface area is 136 Å². The average Bonchev–Trinajstić information content (AvgIpc) is 3.05. The van der Waals surface area contributed by atoms with Crippen molar-refractivity contribution in [3.05, 3.63) is 57.8 Å². The molecule has 1 fully saturated rings. The molecule has 2 heterocycles. The van der Waals surface area contributed by atoms with Gasteiger partial charge in [0.1, 0.15) is 0 Å². The molecular weight excluding hydrogens is 327 g/mol. The first-order chi connectivity index (χ1) is 10.6. The molecule has 0 bridgehead atoms. The van der Waals surface area contributed by atoms with E-state index in [1.807, 2.05) is 0 Å². The summed E-state index contributed by atoms with van der Waals surface area (Å²) in [6.07, 6.45) is 2.31. The van der Waals surface area contributed by atoms with E-state index in [-0.39, 0.29) is 0 Å². The van der Waals surface area contributed by atoms with Gasteiger partial charge in [-0.25, -0.2) is 4.79 Å². The van der Waals surface area contributed by atoms with Gasteiger partial charge in [-0.2, -0.15) is 0 Å². The molecule has 1 aromatic heterocycles. The summed E-state index contributed by atoms with van der Waals surface area (Å²) in [6, 6.07) is 7.93. The van der Waals surface area contributed by atoms with Crippen LogP contribution in [0.3, 0.4) is 0 Å². The highest BCUT2D eigenvalue weighted by atomic mass is 35.5. The molecule has 1 aliphatic rings. The van der Waals surface area contributed by atoms with Crippen LogP contribution in [0.4, 0.5) is 0 Å². The Morgan fingerprint density at radius 2 is 2.00 bits per heavy atom. The summed E-state index contributed by atoms with van der Waals surface area (Å²) >= 11 is 12.4. The second kappa shape index (κ2) is 5.43. The third-order valence-corrected chi connectivity index (χ3v) is 4.42. The van der Waals surface area contributed by atoms with Crippen molar-refractivity contribution in [3.63, 3.8) is 0 Å². The SMILES string of the molecule is COC(=O)[C@@]1(n2cccc2C=O)N[C@H]1c1c(Cl)cccc1Cl. The number of carbonyl (C=O) groups is 2. The maximum atomic E-state index is 12.4. The van der Waals surface area contributed by atoms with Crippen molar-refractivity contribution in [2.75, 3.05) is 7.11 Å². The molecule has 1 N–H and O–H groups in total. The Bertz CT molecular complexity index is 739. The number of rotatable bonds is 4. The molecule has 2 aromatic rings. The summed E-state index contributed by atoms with van der Waals surface area (Å²) in [5, 5.41) is 3.95. The van der Waals surface area contributed by atoms with Gasteiger partial charge in [0.25, 0.3) is 0 Å². The first-order valence-corrected chi connectivity index (χ1v) is 7.25. The zero-order chi connectivity index (χ0) is 15.9. The molecule has 0 spiro atoms. The monoisotopic (exact) mass is 338 g/mol. The molecule has 1 aliphatic heterocycles. The summed E-state index contributed by atoms with van der Waals surface area (Å²) < 4.78 is 6.45. The van der Waals surface area contributed by atoms with E-state index in [2.05, 4.69) is 5.32 Å². The van der Waals surface area contributed by atoms with Crippen LogP contribution in [-0.2, 0) is 15.2 Å². The summed E-state index contributed by atoms with van der Waals surface area (Å²) in [5.41, 5.74) is -0.270. The molecule has 1 aromatic carbocycles. The maximum absolute atomic E-state index is 12.4. The predicted octanol–water partition coefficient (Wildman–Crippen LogP) is 2.78. The van der Waals surface area contributed by atoms with Crippen molar-refractivity contribution >= 4 is 35.5 Å². The number of hydrogen-bond acceptors (Lipinski definition) is 4. The highest BCUT2D eigenvalue weighted by Crippen LogP contribution is 2.50. The van der Waals surface area contributed by atoms with E-state index in [4.69, 9.17) is 27.9 Å². The highest BCUT2D eigenvalue weighted by molar-refractivity contribution is 6.36. The summed E-state index contributed by atoms with van der Waals surface area (Å²) in [6.45, 7) is 0. The second-order valence-corrected chi connectivity index (χ2v) is 5.71. The van der Waals surface area contributed by atoms with Gasteiger partial charge in [-0.15, -0.1) is 0 Å². The lowest BCUT2D eigenvalue weighted by Crippen LogP contribution is -2.34. The van der Waals surface area contributed by atoms with Crippen LogP contribution in [0.25, 0.3) is 0 Å². The number of ether oxygens (including phenoxy) is 1. The van der Waals surface area contributed by atoms with Crippen molar-refractivity contribution in [2.24, 2.45) is 0 Å². The lowest BCUT2D eigenvalue weighted by atomic mass is 10.1. The van der Waals surface area contributed by atoms with Gasteiger partial charge < -0.3 is 9.30 Å². The van der Waals surface area contributed by atoms with Gasteiger partial charge in [0.15, 0.2) is 6.29 Å². The maximum Gasteiger partial charge on any atom is 0.349 e. The first-order valence-electron chi connectivity index (χ1n) is 6.49. The molecule has 5 nitrogen and oxygen atoms in total. The fourth-order valence-electron chi connectivity index (χ4n) is 2.70. The van der Waals surface area contributed by atoms with E-state index in [0.717, 1.165) is 0 Å². The van der Waals surface area contributed by atoms with Gasteiger partial charge >= 0.3 is 5.97 Å². The summed E-state index contributed by atoms with van der Waals surface area (Å²) in [4.78, 5) is 23.6. The van der Waals surface area contributed by atoms with Crippen LogP contribution >= 0.6 is 23.2 Å². The van der Waals surface area contributed by atoms with Gasteiger partial charge in [0.05, 0.1) is 18.8 Å². The fourth-order valence-corrected chi connectivity index (χ4v) is 3.31. The average molecular weight is 339 g/mol. The minimum absolute atomic E-state index is 0.351. The smallest absolute Gasteiger partial charge is 0.349 e. The molecule has 0 aliphatic carbocycles. The lowest BCUT2D eigenvalue weighted by molar-refractivity contribution is -0.146. The number of nitrogens with zero attached hydrogens (tertiary/aromatic N) is 1. The molecule has 0 radical (unpaired) electrons. The van der Waals surface area contributed by atoms with E-state index in [1.54, 1.807) is 36.5 Å². The number of aromatic nitrogens is 1. The van der Waals surface area contributed by atoms with Crippen LogP contribution in [0, 0.1) is 0 Å². The first kappa shape index (κ1) is 15.1. The number of methoxy groups -OCH3 is 1. The van der Waals surface area contributed by atoms with Crippen molar-refractivity contribution in [3.8, 4) is 0 Å². The van der Waals surface area contributed by atoms with Crippen LogP contribution in [0.1, 0.15) is 22.1 Å². The molecule has 3 rings (SSSR count). The molecule has 0 amide bonds. The Morgan fingerprint density at radius 3 is 2.59 bits per heavy atom. The predicted molar refractivity (Wildman–Crippen MR) is 82.1 cm³/mol. The molecule has 22 heavy (non-hydrogen) atoms. The van der Waals surface area contributed by atoms with Gasteiger partial charge in [-0.3, -0.25) is 10.1 Å². The Balaban J connectivity index is 2.13. The molecule has 0 unspecified atom stereocenters. The van der Waals surface area contributed by atoms with Crippen molar-refractivity contribution in [1.82, 2.24) is 9.88 Å². The molecule has 7 heteroatoms. The highest BCUT2D eigenvalue weighted by Gasteiger charge is 2.64. The van der Waals surface area contributed by atoms with Crippen LogP contribution in [-0.4, -0.2) is 23.9 Å². The van der Waals surface area contributed by atoms with Gasteiger partial charge in [-0.05, 0) is 24.3 Å². The van der Waals surface area contributed by atoms with Crippen LogP contribution in [0.15, 0.2) is 36.5 Å². The van der Waals surface area contributed by atoms with Crippen molar-refractivity contribution < 1.29 is 14.3 Å². The van der Waals surface area contributed by atoms with Crippen LogP contribution in [0.5, 0.6) is 0 Å². The van der Waals surface area contributed by atoms with E-state index in [9.17, 15) is 9.59 Å². The largest absolute Gasteiger partial charge is 0.466 e. The molecule has 1 saturated heterocycles. The Kier molecular flexibility index (Phi) is 3.72. The summed E-state index contributed by atoms with van der Waals surface area (Å²) in [5.74, 6) is -0.521. The molecule has 0 saturated carbocycles. The minimum atomic E-state index is -1.22. The normalized spacial score (nSPS) is 23.1. The number of aldehydes is 1. The van der Waals surface area contributed by atoms with E-state index < -0.39 is 17.7 Å². The molecule has 114 valence electrons.